The van der Waals surface area contributed by atoms with Crippen LogP contribution in [0.5, 0.6) is 0 Å². The van der Waals surface area contributed by atoms with Crippen LogP contribution in [0.3, 0.4) is 0 Å². The largest absolute Gasteiger partial charge is 0.208 e. The minimum atomic E-state index is 0.0847. The topological polar surface area (TPSA) is 77.3 Å². The van der Waals surface area contributed by atoms with E-state index in [4.69, 9.17) is 29.9 Å². The van der Waals surface area contributed by atoms with Gasteiger partial charge >= 0.3 is 0 Å². The van der Waals surface area contributed by atoms with Crippen LogP contribution in [0.25, 0.3) is 156 Å². The smallest absolute Gasteiger partial charge is 0.165 e. The first-order chi connectivity index (χ1) is 47.6. The van der Waals surface area contributed by atoms with Crippen molar-refractivity contribution in [1.82, 2.24) is 29.9 Å². The molecule has 0 radical (unpaired) electrons. The molecule has 17 aromatic rings. The van der Waals surface area contributed by atoms with E-state index in [0.717, 1.165) is 87.6 Å². The van der Waals surface area contributed by atoms with Crippen LogP contribution >= 0.6 is 0 Å². The number of hydrogen-bond acceptors (Lipinski definition) is 6. The van der Waals surface area contributed by atoms with Crippen molar-refractivity contribution < 1.29 is 0 Å². The van der Waals surface area contributed by atoms with E-state index in [1.807, 2.05) is 36.4 Å². The molecule has 0 saturated heterocycles. The average molecular weight is 1220 g/mol. The summed E-state index contributed by atoms with van der Waals surface area (Å²) in [6.07, 6.45) is 0. The van der Waals surface area contributed by atoms with Gasteiger partial charge in [-0.15, -0.1) is 0 Å². The van der Waals surface area contributed by atoms with Gasteiger partial charge in [-0.05, 0) is 133 Å². The SMILES string of the molecule is c1ccc(-c2nc(-c3ccc(-c4ccc5c(c4)C4c6ccccc6C5c5cc(-c6ccc(-c7nc(-c8ccccc8)nc(-c8c9ccccc9c(-c9ccccc9)c9ccccc89)n7)cc6)ccc54)cc3)nc(-c3c4ccccc4c(-c4ccccc4)c4ccccc34)n2)cc1. The fourth-order valence-corrected chi connectivity index (χ4v) is 15.4. The molecule has 3 aliphatic rings. The third kappa shape index (κ3) is 9.09. The predicted octanol–water partition coefficient (Wildman–Crippen LogP) is 22.3. The summed E-state index contributed by atoms with van der Waals surface area (Å²) in [5, 5.41) is 8.97. The van der Waals surface area contributed by atoms with Crippen molar-refractivity contribution in [3.63, 3.8) is 0 Å². The minimum Gasteiger partial charge on any atom is -0.208 e. The lowest BCUT2D eigenvalue weighted by atomic mass is 9.60. The first-order valence-electron chi connectivity index (χ1n) is 32.8. The van der Waals surface area contributed by atoms with Crippen LogP contribution in [-0.4, -0.2) is 29.9 Å². The van der Waals surface area contributed by atoms with Crippen LogP contribution in [0.2, 0.25) is 0 Å². The van der Waals surface area contributed by atoms with Crippen LogP contribution < -0.4 is 0 Å². The Balaban J connectivity index is 0.662. The van der Waals surface area contributed by atoms with Crippen LogP contribution in [0, 0.1) is 0 Å². The van der Waals surface area contributed by atoms with Gasteiger partial charge in [-0.1, -0.05) is 315 Å². The molecule has 0 saturated carbocycles. The summed E-state index contributed by atoms with van der Waals surface area (Å²) in [4.78, 5) is 31.8. The summed E-state index contributed by atoms with van der Waals surface area (Å²) in [6.45, 7) is 0. The second-order valence-corrected chi connectivity index (χ2v) is 25.1. The summed E-state index contributed by atoms with van der Waals surface area (Å²) >= 11 is 0. The van der Waals surface area contributed by atoms with E-state index in [1.54, 1.807) is 0 Å². The molecule has 0 fully saturated rings. The van der Waals surface area contributed by atoms with Gasteiger partial charge in [0.05, 0.1) is 0 Å². The normalized spacial score (nSPS) is 13.6. The van der Waals surface area contributed by atoms with E-state index in [1.165, 1.54) is 66.8 Å². The van der Waals surface area contributed by atoms with Gasteiger partial charge < -0.3 is 0 Å². The molecule has 0 aliphatic heterocycles. The maximum atomic E-state index is 5.39. The van der Waals surface area contributed by atoms with Crippen molar-refractivity contribution in [2.45, 2.75) is 11.8 Å². The second-order valence-electron chi connectivity index (χ2n) is 25.1. The van der Waals surface area contributed by atoms with Gasteiger partial charge in [-0.2, -0.15) is 0 Å². The molecule has 446 valence electrons. The van der Waals surface area contributed by atoms with E-state index < -0.39 is 0 Å². The Morgan fingerprint density at radius 1 is 0.146 bits per heavy atom. The molecular formula is C90H56N6. The lowest BCUT2D eigenvalue weighted by Crippen LogP contribution is -2.27. The molecule has 3 aliphatic carbocycles. The third-order valence-corrected chi connectivity index (χ3v) is 19.8. The van der Waals surface area contributed by atoms with Gasteiger partial charge in [0.25, 0.3) is 0 Å². The van der Waals surface area contributed by atoms with E-state index in [2.05, 4.69) is 291 Å². The maximum absolute atomic E-state index is 5.39. The highest BCUT2D eigenvalue weighted by molar-refractivity contribution is 6.22. The van der Waals surface area contributed by atoms with Gasteiger partial charge in [-0.25, -0.2) is 29.9 Å². The Kier molecular flexibility index (Phi) is 12.9. The Morgan fingerprint density at radius 2 is 0.365 bits per heavy atom. The van der Waals surface area contributed by atoms with Gasteiger partial charge in [0.2, 0.25) is 0 Å². The lowest BCUT2D eigenvalue weighted by molar-refractivity contribution is 0.755. The summed E-state index contributed by atoms with van der Waals surface area (Å²) < 4.78 is 0. The van der Waals surface area contributed by atoms with Crippen molar-refractivity contribution in [2.24, 2.45) is 0 Å². The highest BCUT2D eigenvalue weighted by Crippen LogP contribution is 2.57. The summed E-state index contributed by atoms with van der Waals surface area (Å²) in [7, 11) is 0. The van der Waals surface area contributed by atoms with Crippen molar-refractivity contribution in [3.8, 4) is 113 Å². The Labute approximate surface area is 555 Å². The third-order valence-electron chi connectivity index (χ3n) is 19.8. The summed E-state index contributed by atoms with van der Waals surface area (Å²) in [6, 6.07) is 117. The predicted molar refractivity (Wildman–Crippen MR) is 392 cm³/mol. The Morgan fingerprint density at radius 3 is 0.677 bits per heavy atom. The number of hydrogen-bond donors (Lipinski definition) is 0. The summed E-state index contributed by atoms with van der Waals surface area (Å²) in [5.74, 6) is 3.94. The lowest BCUT2D eigenvalue weighted by Gasteiger charge is -2.42. The van der Waals surface area contributed by atoms with Crippen LogP contribution in [0.4, 0.5) is 0 Å². The van der Waals surface area contributed by atoms with Crippen LogP contribution in [-0.2, 0) is 0 Å². The van der Waals surface area contributed by atoms with Crippen molar-refractivity contribution in [2.75, 3.05) is 0 Å². The van der Waals surface area contributed by atoms with Gasteiger partial charge in [0.15, 0.2) is 34.9 Å². The molecule has 0 spiro atoms. The van der Waals surface area contributed by atoms with Crippen molar-refractivity contribution in [3.05, 3.63) is 361 Å². The standard InChI is InChI=1S/C90H56N6/c1-5-23-57(24-6-1)79-65-31-13-19-37-71(65)83(72-38-20-14-32-66(72)79)89-93-85(59-27-9-3-10-28-59)91-87(95-89)61-45-41-55(42-46-61)63-49-51-75-77(53-63)81-69-35-17-18-36-70(69)82(75)78-54-64(50-52-76(78)81)56-43-47-62(48-44-56)88-92-86(60-29-11-4-12-30-60)94-90(96-88)84-73-39-21-15-33-67(73)80(58-25-7-2-8-26-58)68-34-16-22-40-74(68)84/h1-54,81-82H. The monoisotopic (exact) mass is 1220 g/mol. The highest BCUT2D eigenvalue weighted by Gasteiger charge is 2.41. The molecule has 6 heteroatoms. The first-order valence-corrected chi connectivity index (χ1v) is 32.8. The van der Waals surface area contributed by atoms with Gasteiger partial charge in [-0.3, -0.25) is 0 Å². The first kappa shape index (κ1) is 55.0. The molecule has 2 heterocycles. The molecule has 2 aromatic heterocycles. The molecule has 96 heavy (non-hydrogen) atoms. The molecule has 6 nitrogen and oxygen atoms in total. The Bertz CT molecular complexity index is 5450. The Hall–Kier alpha value is -12.6. The average Bonchev–Trinajstić information content (AvgIpc) is 0.708. The molecule has 0 N–H and O–H groups in total. The van der Waals surface area contributed by atoms with E-state index in [9.17, 15) is 0 Å². The second kappa shape index (κ2) is 22.6. The zero-order valence-corrected chi connectivity index (χ0v) is 52.0. The molecule has 0 amide bonds. The van der Waals surface area contributed by atoms with E-state index >= 15 is 0 Å². The van der Waals surface area contributed by atoms with Crippen LogP contribution in [0.15, 0.2) is 328 Å². The van der Waals surface area contributed by atoms with E-state index in [-0.39, 0.29) is 11.8 Å². The van der Waals surface area contributed by atoms with Crippen molar-refractivity contribution in [1.29, 1.82) is 0 Å². The zero-order chi connectivity index (χ0) is 63.2. The molecule has 2 atom stereocenters. The molecule has 2 bridgehead atoms. The van der Waals surface area contributed by atoms with Gasteiger partial charge in [0, 0.05) is 45.2 Å². The number of benzene rings is 15. The van der Waals surface area contributed by atoms with E-state index in [0.29, 0.717) is 34.9 Å². The fraction of sp³-hybridized carbons (Fsp3) is 0.0222. The number of nitrogens with zero attached hydrogens (tertiary/aromatic N) is 6. The fourth-order valence-electron chi connectivity index (χ4n) is 15.4. The highest BCUT2D eigenvalue weighted by atomic mass is 15.0. The molecule has 2 unspecified atom stereocenters. The van der Waals surface area contributed by atoms with Crippen LogP contribution in [0.1, 0.15) is 45.2 Å². The maximum Gasteiger partial charge on any atom is 0.165 e. The van der Waals surface area contributed by atoms with Gasteiger partial charge in [0.1, 0.15) is 0 Å². The quantitative estimate of drug-likeness (QED) is 0.127. The minimum absolute atomic E-state index is 0.0847. The number of rotatable bonds is 10. The molecule has 20 rings (SSSR count). The van der Waals surface area contributed by atoms with Crippen molar-refractivity contribution >= 4 is 43.1 Å². The summed E-state index contributed by atoms with van der Waals surface area (Å²) in [5.41, 5.74) is 23.2. The molecular weight excluding hydrogens is 1170 g/mol. The molecule has 15 aromatic carbocycles. The zero-order valence-electron chi connectivity index (χ0n) is 52.0. The number of aromatic nitrogens is 6. The number of fused-ring (bicyclic) bond motifs is 4.